The molecule has 0 N–H and O–H groups in total. The highest BCUT2D eigenvalue weighted by molar-refractivity contribution is 8.02. The fourth-order valence-electron chi connectivity index (χ4n) is 0.746. The van der Waals surface area contributed by atoms with Gasteiger partial charge in [-0.15, -0.1) is 0 Å². The van der Waals surface area contributed by atoms with Crippen molar-refractivity contribution in [2.24, 2.45) is 0 Å². The Balaban J connectivity index is 5.65. The van der Waals surface area contributed by atoms with Gasteiger partial charge in [0.1, 0.15) is 0 Å². The summed E-state index contributed by atoms with van der Waals surface area (Å²) in [6.07, 6.45) is -7.14. The van der Waals surface area contributed by atoms with Gasteiger partial charge in [-0.05, 0) is 0 Å². The quantitative estimate of drug-likeness (QED) is 0.549. The number of hydrogen-bond acceptors (Lipinski definition) is 3. The molecule has 0 aliphatic carbocycles. The maximum atomic E-state index is 12.8. The van der Waals surface area contributed by atoms with Crippen LogP contribution in [0.5, 0.6) is 0 Å². The second-order valence-corrected chi connectivity index (χ2v) is 4.50. The first-order valence-corrected chi connectivity index (χ1v) is 5.12. The zero-order chi connectivity index (χ0) is 17.5. The van der Waals surface area contributed by atoms with Crippen molar-refractivity contribution in [2.45, 2.75) is 28.5 Å². The van der Waals surface area contributed by atoms with Gasteiger partial charge in [-0.1, -0.05) is 0 Å². The predicted octanol–water partition coefficient (Wildman–Crippen LogP) is 3.91. The highest BCUT2D eigenvalue weighted by Gasteiger charge is 2.83. The van der Waals surface area contributed by atoms with Crippen molar-refractivity contribution >= 4 is 17.7 Å². The predicted molar refractivity (Wildman–Crippen MR) is 45.4 cm³/mol. The van der Waals surface area contributed by atoms with Gasteiger partial charge < -0.3 is 4.74 Å². The second-order valence-electron chi connectivity index (χ2n) is 3.27. The summed E-state index contributed by atoms with van der Waals surface area (Å²) in [7, 11) is 0.220. The fraction of sp³-hybridized carbons (Fsp3) is 0.857. The number of carbonyl (C=O) groups excluding carboxylic acids is 1. The Morgan fingerprint density at radius 3 is 1.48 bits per heavy atom. The van der Waals surface area contributed by atoms with Crippen molar-refractivity contribution in [1.82, 2.24) is 0 Å². The summed E-state index contributed by atoms with van der Waals surface area (Å²) in [5, 5.41) is -12.1. The number of halogens is 11. The maximum absolute atomic E-state index is 12.8. The first-order chi connectivity index (χ1) is 8.94. The molecule has 126 valence electrons. The van der Waals surface area contributed by atoms with E-state index in [9.17, 15) is 53.1 Å². The number of rotatable bonds is 5. The molecule has 21 heavy (non-hydrogen) atoms. The lowest BCUT2D eigenvalue weighted by Gasteiger charge is -2.33. The third-order valence-corrected chi connectivity index (χ3v) is 2.73. The molecule has 0 aliphatic heterocycles. The number of carbonyl (C=O) groups is 1. The molecule has 0 saturated heterocycles. The van der Waals surface area contributed by atoms with E-state index in [4.69, 9.17) is 0 Å². The van der Waals surface area contributed by atoms with Crippen LogP contribution in [0.4, 0.5) is 48.3 Å². The molecule has 0 spiro atoms. The number of alkyl halides is 11. The second kappa shape index (κ2) is 5.35. The molecule has 2 nitrogen and oxygen atoms in total. The summed E-state index contributed by atoms with van der Waals surface area (Å²) >= 11 is -2.68. The Labute approximate surface area is 112 Å². The van der Waals surface area contributed by atoms with Crippen molar-refractivity contribution in [3.8, 4) is 0 Å². The molecule has 0 radical (unpaired) electrons. The Bertz CT molecular complexity index is 402. The van der Waals surface area contributed by atoms with Gasteiger partial charge in [0.2, 0.25) is 0 Å². The molecule has 0 rings (SSSR count). The minimum absolute atomic E-state index is 0.220. The lowest BCUT2D eigenvalue weighted by atomic mass is 10.1. The molecule has 14 heteroatoms. The van der Waals surface area contributed by atoms with Crippen molar-refractivity contribution in [3.63, 3.8) is 0 Å². The highest BCUT2D eigenvalue weighted by atomic mass is 32.2. The van der Waals surface area contributed by atoms with Gasteiger partial charge in [0.25, 0.3) is 0 Å². The Kier molecular flexibility index (Phi) is 5.11. The van der Waals surface area contributed by atoms with Crippen molar-refractivity contribution in [2.75, 3.05) is 7.11 Å². The van der Waals surface area contributed by atoms with Crippen LogP contribution >= 0.6 is 11.8 Å². The average Bonchev–Trinajstić information content (AvgIpc) is 2.24. The number of thioether (sulfide) groups is 1. The first-order valence-electron chi connectivity index (χ1n) is 4.30. The minimum Gasteiger partial charge on any atom is -0.464 e. The smallest absolute Gasteiger partial charge is 0.460 e. The molecule has 0 fully saturated rings. The van der Waals surface area contributed by atoms with E-state index in [1.54, 1.807) is 0 Å². The van der Waals surface area contributed by atoms with Gasteiger partial charge in [-0.3, -0.25) is 0 Å². The Morgan fingerprint density at radius 2 is 1.19 bits per heavy atom. The van der Waals surface area contributed by atoms with Crippen LogP contribution in [0.15, 0.2) is 0 Å². The van der Waals surface area contributed by atoms with E-state index in [1.807, 2.05) is 0 Å². The van der Waals surface area contributed by atoms with E-state index in [0.717, 1.165) is 0 Å². The maximum Gasteiger partial charge on any atom is 0.460 e. The van der Waals surface area contributed by atoms with E-state index in [-0.39, 0.29) is 7.11 Å². The average molecular weight is 360 g/mol. The summed E-state index contributed by atoms with van der Waals surface area (Å²) in [4.78, 5) is 10.3. The molecule has 0 unspecified atom stereocenters. The van der Waals surface area contributed by atoms with E-state index < -0.39 is 46.3 Å². The summed E-state index contributed by atoms with van der Waals surface area (Å²) in [6, 6.07) is 0. The molecule has 0 atom stereocenters. The number of hydrogen-bond donors (Lipinski definition) is 0. The van der Waals surface area contributed by atoms with Crippen LogP contribution in [0.1, 0.15) is 0 Å². The third-order valence-electron chi connectivity index (χ3n) is 1.80. The molecule has 0 heterocycles. The van der Waals surface area contributed by atoms with Gasteiger partial charge in [0, 0.05) is 11.8 Å². The van der Waals surface area contributed by atoms with Crippen molar-refractivity contribution < 1.29 is 57.8 Å². The summed E-state index contributed by atoms with van der Waals surface area (Å²) in [6.45, 7) is 0. The third kappa shape index (κ3) is 3.45. The lowest BCUT2D eigenvalue weighted by Crippen LogP contribution is -2.60. The zero-order valence-corrected chi connectivity index (χ0v) is 10.2. The van der Waals surface area contributed by atoms with Gasteiger partial charge in [0.15, 0.2) is 0 Å². The SMILES string of the molecule is COC(=O)C(F)(F)SC(F)(F)C(F)(F)C(F)(F)C(F)(F)F. The molecule has 0 amide bonds. The van der Waals surface area contributed by atoms with Crippen molar-refractivity contribution in [3.05, 3.63) is 0 Å². The summed E-state index contributed by atoms with van der Waals surface area (Å²) in [5.41, 5.74) is 0. The Morgan fingerprint density at radius 1 is 0.810 bits per heavy atom. The molecular formula is C7H3F11O2S. The van der Waals surface area contributed by atoms with Gasteiger partial charge >= 0.3 is 34.5 Å². The molecule has 0 aromatic rings. The van der Waals surface area contributed by atoms with Crippen LogP contribution in [-0.2, 0) is 9.53 Å². The van der Waals surface area contributed by atoms with Crippen LogP contribution in [0.3, 0.4) is 0 Å². The van der Waals surface area contributed by atoms with Crippen LogP contribution in [0.25, 0.3) is 0 Å². The normalized spacial score (nSPS) is 15.0. The monoisotopic (exact) mass is 360 g/mol. The first kappa shape index (κ1) is 20.1. The van der Waals surface area contributed by atoms with Crippen LogP contribution in [0.2, 0.25) is 0 Å². The molecule has 0 bridgehead atoms. The molecule has 0 aromatic heterocycles. The molecule has 0 saturated carbocycles. The minimum atomic E-state index is -7.32. The molecule has 0 aromatic carbocycles. The van der Waals surface area contributed by atoms with E-state index in [2.05, 4.69) is 4.74 Å². The van der Waals surface area contributed by atoms with Crippen molar-refractivity contribution in [1.29, 1.82) is 0 Å². The summed E-state index contributed by atoms with van der Waals surface area (Å²) in [5.74, 6) is -17.4. The Hall–Kier alpha value is -0.950. The van der Waals surface area contributed by atoms with Crippen LogP contribution in [0, 0.1) is 0 Å². The standard InChI is InChI=1S/C7H3F11O2S/c1-20-2(19)3(8,9)21-7(17,18)5(12,13)4(10,11)6(14,15)16/h1H3. The van der Waals surface area contributed by atoms with Gasteiger partial charge in [-0.25, -0.2) is 4.79 Å². The fourth-order valence-corrected chi connectivity index (χ4v) is 1.49. The van der Waals surface area contributed by atoms with E-state index in [0.29, 0.717) is 0 Å². The zero-order valence-electron chi connectivity index (χ0n) is 9.38. The van der Waals surface area contributed by atoms with Crippen LogP contribution < -0.4 is 0 Å². The molecular weight excluding hydrogens is 357 g/mol. The highest BCUT2D eigenvalue weighted by Crippen LogP contribution is 2.59. The van der Waals surface area contributed by atoms with Gasteiger partial charge in [-0.2, -0.15) is 48.3 Å². The van der Waals surface area contributed by atoms with E-state index in [1.165, 1.54) is 0 Å². The topological polar surface area (TPSA) is 26.3 Å². The van der Waals surface area contributed by atoms with Crippen LogP contribution in [-0.4, -0.2) is 41.6 Å². The summed E-state index contributed by atoms with van der Waals surface area (Å²) < 4.78 is 139. The lowest BCUT2D eigenvalue weighted by molar-refractivity contribution is -0.381. The van der Waals surface area contributed by atoms with E-state index >= 15 is 0 Å². The number of esters is 1. The van der Waals surface area contributed by atoms with Gasteiger partial charge in [0.05, 0.1) is 7.11 Å². The number of ether oxygens (including phenoxy) is 1. The number of methoxy groups -OCH3 is 1. The largest absolute Gasteiger partial charge is 0.464 e. The molecule has 0 aliphatic rings.